The predicted octanol–water partition coefficient (Wildman–Crippen LogP) is 4.33. The SMILES string of the molecule is COC[C@H](c1ccc2c(c1)ncn2COCC[Si](C)(C)C)N1C(=O)c2ccccc2C1=O. The molecule has 0 N–H and O–H groups in total. The van der Waals surface area contributed by atoms with Crippen molar-refractivity contribution in [3.63, 3.8) is 0 Å². The highest BCUT2D eigenvalue weighted by atomic mass is 28.3. The Labute approximate surface area is 189 Å². The lowest BCUT2D eigenvalue weighted by molar-refractivity contribution is 0.0469. The van der Waals surface area contributed by atoms with Crippen molar-refractivity contribution in [2.75, 3.05) is 20.3 Å². The van der Waals surface area contributed by atoms with Crippen LogP contribution in [0.3, 0.4) is 0 Å². The fraction of sp³-hybridized carbons (Fsp3) is 0.375. The Morgan fingerprint density at radius 1 is 1.03 bits per heavy atom. The van der Waals surface area contributed by atoms with Gasteiger partial charge >= 0.3 is 0 Å². The molecule has 0 spiro atoms. The summed E-state index contributed by atoms with van der Waals surface area (Å²) < 4.78 is 13.2. The van der Waals surface area contributed by atoms with Gasteiger partial charge in [-0.1, -0.05) is 37.8 Å². The maximum absolute atomic E-state index is 13.0. The fourth-order valence-electron chi connectivity index (χ4n) is 3.90. The number of benzene rings is 2. The molecule has 1 atom stereocenters. The molecule has 8 heteroatoms. The van der Waals surface area contributed by atoms with Gasteiger partial charge in [-0.25, -0.2) is 4.98 Å². The van der Waals surface area contributed by atoms with E-state index in [0.29, 0.717) is 17.9 Å². The molecule has 168 valence electrons. The van der Waals surface area contributed by atoms with E-state index in [4.69, 9.17) is 9.47 Å². The van der Waals surface area contributed by atoms with Crippen LogP contribution in [0, 0.1) is 0 Å². The van der Waals surface area contributed by atoms with Crippen molar-refractivity contribution < 1.29 is 19.1 Å². The lowest BCUT2D eigenvalue weighted by Crippen LogP contribution is -2.36. The van der Waals surface area contributed by atoms with Gasteiger partial charge in [0.25, 0.3) is 11.8 Å². The minimum Gasteiger partial charge on any atom is -0.382 e. The minimum atomic E-state index is -1.13. The number of fused-ring (bicyclic) bond motifs is 2. The molecule has 0 saturated heterocycles. The Morgan fingerprint density at radius 3 is 2.34 bits per heavy atom. The number of imidazole rings is 1. The normalized spacial score (nSPS) is 14.9. The van der Waals surface area contributed by atoms with Crippen LogP contribution < -0.4 is 0 Å². The van der Waals surface area contributed by atoms with Crippen molar-refractivity contribution in [2.45, 2.75) is 38.5 Å². The van der Waals surface area contributed by atoms with Crippen LogP contribution in [-0.2, 0) is 16.2 Å². The van der Waals surface area contributed by atoms with Gasteiger partial charge < -0.3 is 14.0 Å². The molecular formula is C24H29N3O4Si. The van der Waals surface area contributed by atoms with Gasteiger partial charge in [0.05, 0.1) is 41.1 Å². The number of methoxy groups -OCH3 is 1. The maximum Gasteiger partial charge on any atom is 0.262 e. The zero-order valence-electron chi connectivity index (χ0n) is 19.0. The molecule has 3 aromatic rings. The quantitative estimate of drug-likeness (QED) is 0.275. The molecule has 2 heterocycles. The van der Waals surface area contributed by atoms with E-state index in [9.17, 15) is 9.59 Å². The van der Waals surface area contributed by atoms with Gasteiger partial charge in [-0.2, -0.15) is 0 Å². The maximum atomic E-state index is 13.0. The van der Waals surface area contributed by atoms with Gasteiger partial charge in [-0.05, 0) is 35.9 Å². The summed E-state index contributed by atoms with van der Waals surface area (Å²) in [7, 11) is 0.435. The molecule has 0 radical (unpaired) electrons. The van der Waals surface area contributed by atoms with Crippen molar-refractivity contribution >= 4 is 30.9 Å². The first kappa shape index (κ1) is 22.4. The summed E-state index contributed by atoms with van der Waals surface area (Å²) in [6.45, 7) is 8.38. The molecule has 32 heavy (non-hydrogen) atoms. The Bertz CT molecular complexity index is 1120. The number of amides is 2. The minimum absolute atomic E-state index is 0.206. The van der Waals surface area contributed by atoms with E-state index in [1.807, 2.05) is 22.8 Å². The number of carbonyl (C=O) groups excluding carboxylic acids is 2. The summed E-state index contributed by atoms with van der Waals surface area (Å²) in [5, 5.41) is 0. The van der Waals surface area contributed by atoms with Crippen LogP contribution in [0.1, 0.15) is 32.3 Å². The van der Waals surface area contributed by atoms with E-state index < -0.39 is 14.1 Å². The van der Waals surface area contributed by atoms with Gasteiger partial charge in [0.15, 0.2) is 0 Å². The first-order chi connectivity index (χ1) is 15.3. The van der Waals surface area contributed by atoms with Crippen LogP contribution in [0.4, 0.5) is 0 Å². The second kappa shape index (κ2) is 8.97. The topological polar surface area (TPSA) is 73.7 Å². The first-order valence-corrected chi connectivity index (χ1v) is 14.5. The van der Waals surface area contributed by atoms with E-state index >= 15 is 0 Å². The predicted molar refractivity (Wildman–Crippen MR) is 125 cm³/mol. The number of rotatable bonds is 9. The number of hydrogen-bond donors (Lipinski definition) is 0. The number of imide groups is 1. The molecule has 0 saturated carbocycles. The highest BCUT2D eigenvalue weighted by Gasteiger charge is 2.40. The van der Waals surface area contributed by atoms with Crippen molar-refractivity contribution in [2.24, 2.45) is 0 Å². The summed E-state index contributed by atoms with van der Waals surface area (Å²) >= 11 is 0. The Kier molecular flexibility index (Phi) is 6.28. The first-order valence-electron chi connectivity index (χ1n) is 10.8. The van der Waals surface area contributed by atoms with Crippen molar-refractivity contribution in [3.05, 3.63) is 65.5 Å². The van der Waals surface area contributed by atoms with E-state index in [2.05, 4.69) is 24.6 Å². The van der Waals surface area contributed by atoms with Crippen LogP contribution >= 0.6 is 0 Å². The summed E-state index contributed by atoms with van der Waals surface area (Å²) in [6.07, 6.45) is 1.76. The third-order valence-electron chi connectivity index (χ3n) is 5.72. The van der Waals surface area contributed by atoms with Crippen molar-refractivity contribution in [1.29, 1.82) is 0 Å². The number of hydrogen-bond acceptors (Lipinski definition) is 5. The lowest BCUT2D eigenvalue weighted by atomic mass is 10.0. The Morgan fingerprint density at radius 2 is 1.72 bits per heavy atom. The van der Waals surface area contributed by atoms with Crippen LogP contribution in [0.25, 0.3) is 11.0 Å². The lowest BCUT2D eigenvalue weighted by Gasteiger charge is -2.26. The summed E-state index contributed by atoms with van der Waals surface area (Å²) in [5.41, 5.74) is 3.40. The van der Waals surface area contributed by atoms with Gasteiger partial charge in [-0.15, -0.1) is 0 Å². The molecule has 0 fully saturated rings. The second-order valence-electron chi connectivity index (χ2n) is 9.31. The monoisotopic (exact) mass is 451 g/mol. The Balaban J connectivity index is 1.56. The summed E-state index contributed by atoms with van der Waals surface area (Å²) in [5.74, 6) is -0.594. The van der Waals surface area contributed by atoms with Crippen LogP contribution in [0.2, 0.25) is 25.7 Å². The average molecular weight is 452 g/mol. The average Bonchev–Trinajstić information content (AvgIpc) is 3.28. The van der Waals surface area contributed by atoms with E-state index in [-0.39, 0.29) is 18.4 Å². The molecule has 0 aliphatic carbocycles. The third-order valence-corrected chi connectivity index (χ3v) is 7.42. The van der Waals surface area contributed by atoms with Gasteiger partial charge in [0.2, 0.25) is 0 Å². The molecule has 7 nitrogen and oxygen atoms in total. The largest absolute Gasteiger partial charge is 0.382 e. The molecule has 2 amide bonds. The fourth-order valence-corrected chi connectivity index (χ4v) is 4.66. The van der Waals surface area contributed by atoms with Gasteiger partial charge in [-0.3, -0.25) is 14.5 Å². The standard InChI is InChI=1S/C24H29N3O4Si/c1-30-14-22(27-23(28)18-7-5-6-8-19(18)24(27)29)17-9-10-21-20(13-17)25-15-26(21)16-31-11-12-32(2,3)4/h5-10,13,15,22H,11-12,14,16H2,1-4H3/t22-/m1/s1. The van der Waals surface area contributed by atoms with Crippen LogP contribution in [0.15, 0.2) is 48.8 Å². The van der Waals surface area contributed by atoms with Crippen molar-refractivity contribution in [3.8, 4) is 0 Å². The molecule has 1 aliphatic rings. The highest BCUT2D eigenvalue weighted by Crippen LogP contribution is 2.32. The zero-order valence-corrected chi connectivity index (χ0v) is 20.0. The molecule has 1 aliphatic heterocycles. The summed E-state index contributed by atoms with van der Waals surface area (Å²) in [4.78, 5) is 31.8. The highest BCUT2D eigenvalue weighted by molar-refractivity contribution is 6.76. The molecule has 4 rings (SSSR count). The number of aromatic nitrogens is 2. The number of carbonyl (C=O) groups is 2. The summed E-state index contributed by atoms with van der Waals surface area (Å²) in [6, 6.07) is 13.3. The smallest absolute Gasteiger partial charge is 0.262 e. The molecule has 2 aromatic carbocycles. The second-order valence-corrected chi connectivity index (χ2v) is 14.9. The van der Waals surface area contributed by atoms with Gasteiger partial charge in [0, 0.05) is 21.8 Å². The van der Waals surface area contributed by atoms with Crippen molar-refractivity contribution in [1.82, 2.24) is 14.5 Å². The Hall–Kier alpha value is -2.81. The van der Waals surface area contributed by atoms with Gasteiger partial charge in [0.1, 0.15) is 6.73 Å². The van der Waals surface area contributed by atoms with E-state index in [1.54, 1.807) is 37.7 Å². The van der Waals surface area contributed by atoms with E-state index in [1.165, 1.54) is 4.90 Å². The molecular weight excluding hydrogens is 422 g/mol. The van der Waals surface area contributed by atoms with Crippen LogP contribution in [0.5, 0.6) is 0 Å². The van der Waals surface area contributed by atoms with E-state index in [0.717, 1.165) is 29.2 Å². The molecule has 1 aromatic heterocycles. The van der Waals surface area contributed by atoms with Crippen LogP contribution in [-0.4, -0.2) is 54.7 Å². The number of ether oxygens (including phenoxy) is 2. The molecule has 0 unspecified atom stereocenters. The zero-order chi connectivity index (χ0) is 22.9. The molecule has 0 bridgehead atoms. The third kappa shape index (κ3) is 4.39. The number of nitrogens with zero attached hydrogens (tertiary/aromatic N) is 3.